The van der Waals surface area contributed by atoms with E-state index in [0.717, 1.165) is 0 Å². The van der Waals surface area contributed by atoms with Crippen LogP contribution in [0.2, 0.25) is 0 Å². The lowest BCUT2D eigenvalue weighted by atomic mass is 10.1. The fraction of sp³-hybridized carbons (Fsp3) is 0.238. The molecule has 2 aromatic carbocycles. The Labute approximate surface area is 156 Å². The van der Waals surface area contributed by atoms with Gasteiger partial charge in [-0.3, -0.25) is 9.59 Å². The Balaban J connectivity index is 1.92. The maximum atomic E-state index is 13.0. The predicted octanol–water partition coefficient (Wildman–Crippen LogP) is 4.24. The van der Waals surface area contributed by atoms with Gasteiger partial charge < -0.3 is 14.6 Å². The summed E-state index contributed by atoms with van der Waals surface area (Å²) >= 11 is 0. The van der Waals surface area contributed by atoms with Gasteiger partial charge in [0.15, 0.2) is 0 Å². The molecule has 5 nitrogen and oxygen atoms in total. The third kappa shape index (κ3) is 4.00. The molecule has 0 aliphatic carbocycles. The van der Waals surface area contributed by atoms with Crippen LogP contribution in [0, 0.1) is 5.82 Å². The lowest BCUT2D eigenvalue weighted by Gasteiger charge is -2.17. The average molecular weight is 368 g/mol. The van der Waals surface area contributed by atoms with E-state index in [1.54, 1.807) is 29.2 Å². The third-order valence-electron chi connectivity index (χ3n) is 4.38. The zero-order valence-electron chi connectivity index (χ0n) is 15.3. The maximum absolute atomic E-state index is 13.0. The second-order valence-electron chi connectivity index (χ2n) is 6.13. The van der Waals surface area contributed by atoms with E-state index < -0.39 is 0 Å². The lowest BCUT2D eigenvalue weighted by molar-refractivity contribution is -0.115. The van der Waals surface area contributed by atoms with E-state index in [2.05, 4.69) is 5.32 Å². The number of nitrogens with zero attached hydrogens (tertiary/aromatic N) is 1. The van der Waals surface area contributed by atoms with Crippen molar-refractivity contribution in [1.82, 2.24) is 4.90 Å². The summed E-state index contributed by atoms with van der Waals surface area (Å²) in [6, 6.07) is 12.9. The summed E-state index contributed by atoms with van der Waals surface area (Å²) in [5.74, 6) is -0.811. The number of carbonyl (C=O) groups is 2. The van der Waals surface area contributed by atoms with Crippen molar-refractivity contribution in [1.29, 1.82) is 0 Å². The van der Waals surface area contributed by atoms with Crippen molar-refractivity contribution in [2.45, 2.75) is 20.3 Å². The molecule has 0 aliphatic rings. The lowest BCUT2D eigenvalue weighted by Crippen LogP contribution is -2.31. The van der Waals surface area contributed by atoms with Gasteiger partial charge >= 0.3 is 0 Å². The number of amides is 2. The van der Waals surface area contributed by atoms with E-state index in [1.165, 1.54) is 12.1 Å². The van der Waals surface area contributed by atoms with Gasteiger partial charge in [-0.15, -0.1) is 0 Å². The van der Waals surface area contributed by atoms with Crippen LogP contribution < -0.4 is 5.32 Å². The number of hydrogen-bond acceptors (Lipinski definition) is 3. The Morgan fingerprint density at radius 2 is 1.70 bits per heavy atom. The van der Waals surface area contributed by atoms with Gasteiger partial charge in [-0.05, 0) is 43.7 Å². The van der Waals surface area contributed by atoms with Gasteiger partial charge in [-0.1, -0.05) is 24.3 Å². The van der Waals surface area contributed by atoms with Crippen LogP contribution >= 0.6 is 0 Å². The SMILES string of the molecule is CCN(CC)C(=O)c1oc2ccccc2c1NC(=O)Cc1ccc(F)cc1. The van der Waals surface area contributed by atoms with Crippen molar-refractivity contribution in [3.8, 4) is 0 Å². The monoisotopic (exact) mass is 368 g/mol. The minimum absolute atomic E-state index is 0.0681. The van der Waals surface area contributed by atoms with Crippen molar-refractivity contribution in [2.75, 3.05) is 18.4 Å². The smallest absolute Gasteiger partial charge is 0.291 e. The van der Waals surface area contributed by atoms with Crippen molar-refractivity contribution in [3.63, 3.8) is 0 Å². The number of para-hydroxylation sites is 1. The van der Waals surface area contributed by atoms with Crippen molar-refractivity contribution in [2.24, 2.45) is 0 Å². The average Bonchev–Trinajstić information content (AvgIpc) is 3.03. The highest BCUT2D eigenvalue weighted by Gasteiger charge is 2.25. The summed E-state index contributed by atoms with van der Waals surface area (Å²) in [7, 11) is 0. The van der Waals surface area contributed by atoms with Crippen LogP contribution in [0.15, 0.2) is 52.9 Å². The maximum Gasteiger partial charge on any atom is 0.291 e. The molecule has 3 rings (SSSR count). The quantitative estimate of drug-likeness (QED) is 0.708. The molecular weight excluding hydrogens is 347 g/mol. The molecule has 6 heteroatoms. The number of anilines is 1. The Morgan fingerprint density at radius 3 is 2.37 bits per heavy atom. The van der Waals surface area contributed by atoms with Crippen LogP contribution in [-0.2, 0) is 11.2 Å². The molecule has 1 aromatic heterocycles. The van der Waals surface area contributed by atoms with E-state index in [0.29, 0.717) is 35.3 Å². The molecule has 2 amide bonds. The number of fused-ring (bicyclic) bond motifs is 1. The van der Waals surface area contributed by atoms with Crippen LogP contribution in [0.4, 0.5) is 10.1 Å². The van der Waals surface area contributed by atoms with E-state index in [9.17, 15) is 14.0 Å². The van der Waals surface area contributed by atoms with Gasteiger partial charge in [0.25, 0.3) is 5.91 Å². The molecule has 0 atom stereocenters. The number of hydrogen-bond donors (Lipinski definition) is 1. The Morgan fingerprint density at radius 1 is 1.04 bits per heavy atom. The summed E-state index contributed by atoms with van der Waals surface area (Å²) < 4.78 is 18.8. The molecule has 27 heavy (non-hydrogen) atoms. The van der Waals surface area contributed by atoms with Gasteiger partial charge in [-0.25, -0.2) is 4.39 Å². The van der Waals surface area contributed by atoms with Crippen LogP contribution in [-0.4, -0.2) is 29.8 Å². The topological polar surface area (TPSA) is 62.6 Å². The first-order chi connectivity index (χ1) is 13.0. The molecule has 0 saturated heterocycles. The van der Waals surface area contributed by atoms with Gasteiger partial charge in [0.05, 0.1) is 6.42 Å². The normalized spacial score (nSPS) is 10.8. The second-order valence-corrected chi connectivity index (χ2v) is 6.13. The van der Waals surface area contributed by atoms with Gasteiger partial charge in [0.1, 0.15) is 17.1 Å². The molecule has 0 fully saturated rings. The molecule has 0 bridgehead atoms. The van der Waals surface area contributed by atoms with E-state index in [1.807, 2.05) is 26.0 Å². The van der Waals surface area contributed by atoms with Crippen molar-refractivity contribution in [3.05, 3.63) is 65.7 Å². The third-order valence-corrected chi connectivity index (χ3v) is 4.38. The predicted molar refractivity (Wildman–Crippen MR) is 102 cm³/mol. The highest BCUT2D eigenvalue weighted by Crippen LogP contribution is 2.32. The molecule has 1 N–H and O–H groups in total. The standard InChI is InChI=1S/C21H21FN2O3/c1-3-24(4-2)21(26)20-19(16-7-5-6-8-17(16)27-20)23-18(25)13-14-9-11-15(22)12-10-14/h5-12H,3-4,13H2,1-2H3,(H,23,25). The molecule has 0 unspecified atom stereocenters. The summed E-state index contributed by atoms with van der Waals surface area (Å²) in [6.45, 7) is 4.85. The highest BCUT2D eigenvalue weighted by molar-refractivity contribution is 6.11. The first-order valence-electron chi connectivity index (χ1n) is 8.88. The second kappa shape index (κ2) is 8.03. The number of halogens is 1. The zero-order valence-corrected chi connectivity index (χ0v) is 15.3. The number of nitrogens with one attached hydrogen (secondary N) is 1. The number of benzene rings is 2. The summed E-state index contributed by atoms with van der Waals surface area (Å²) in [5, 5.41) is 3.47. The van der Waals surface area contributed by atoms with Crippen LogP contribution in [0.1, 0.15) is 30.0 Å². The largest absolute Gasteiger partial charge is 0.449 e. The van der Waals surface area contributed by atoms with Gasteiger partial charge in [0.2, 0.25) is 11.7 Å². The minimum atomic E-state index is -0.355. The van der Waals surface area contributed by atoms with Crippen molar-refractivity contribution < 1.29 is 18.4 Å². The Hall–Kier alpha value is -3.15. The van der Waals surface area contributed by atoms with Crippen LogP contribution in [0.25, 0.3) is 11.0 Å². The molecule has 3 aromatic rings. The van der Waals surface area contributed by atoms with Crippen LogP contribution in [0.3, 0.4) is 0 Å². The van der Waals surface area contributed by atoms with Gasteiger partial charge in [-0.2, -0.15) is 0 Å². The zero-order chi connectivity index (χ0) is 19.4. The Kier molecular flexibility index (Phi) is 5.54. The fourth-order valence-corrected chi connectivity index (χ4v) is 2.95. The summed E-state index contributed by atoms with van der Waals surface area (Å²) in [4.78, 5) is 27.0. The minimum Gasteiger partial charge on any atom is -0.449 e. The molecule has 0 spiro atoms. The molecule has 140 valence electrons. The molecule has 0 saturated carbocycles. The number of carbonyl (C=O) groups excluding carboxylic acids is 2. The first kappa shape index (κ1) is 18.6. The first-order valence-corrected chi connectivity index (χ1v) is 8.88. The number of furan rings is 1. The van der Waals surface area contributed by atoms with E-state index in [4.69, 9.17) is 4.42 Å². The van der Waals surface area contributed by atoms with Crippen molar-refractivity contribution >= 4 is 28.5 Å². The van der Waals surface area contributed by atoms with E-state index in [-0.39, 0.29) is 29.8 Å². The molecule has 0 aliphatic heterocycles. The van der Waals surface area contributed by atoms with Crippen LogP contribution in [0.5, 0.6) is 0 Å². The van der Waals surface area contributed by atoms with Gasteiger partial charge in [0, 0.05) is 18.5 Å². The highest BCUT2D eigenvalue weighted by atomic mass is 19.1. The molecule has 1 heterocycles. The summed E-state index contributed by atoms with van der Waals surface area (Å²) in [5.41, 5.74) is 1.58. The number of rotatable bonds is 6. The molecule has 0 radical (unpaired) electrons. The Bertz CT molecular complexity index is 959. The fourth-order valence-electron chi connectivity index (χ4n) is 2.95. The summed E-state index contributed by atoms with van der Waals surface area (Å²) in [6.07, 6.45) is 0.0681. The molecular formula is C21H21FN2O3. The van der Waals surface area contributed by atoms with E-state index >= 15 is 0 Å².